The zero-order valence-corrected chi connectivity index (χ0v) is 10.6. The summed E-state index contributed by atoms with van der Waals surface area (Å²) in [5.74, 6) is 0.939. The molecule has 0 saturated heterocycles. The van der Waals surface area contributed by atoms with Crippen molar-refractivity contribution < 1.29 is 9.53 Å². The van der Waals surface area contributed by atoms with Gasteiger partial charge in [-0.3, -0.25) is 4.79 Å². The van der Waals surface area contributed by atoms with Gasteiger partial charge in [-0.25, -0.2) is 0 Å². The van der Waals surface area contributed by atoms with E-state index in [2.05, 4.69) is 35.9 Å². The summed E-state index contributed by atoms with van der Waals surface area (Å²) in [5.41, 5.74) is 3.92. The molecule has 1 fully saturated rings. The topological polar surface area (TPSA) is 26.3 Å². The minimum atomic E-state index is 0.375. The van der Waals surface area contributed by atoms with E-state index in [9.17, 15) is 0 Å². The normalized spacial score (nSPS) is 28.7. The zero-order chi connectivity index (χ0) is 12.3. The maximum atomic E-state index is 8.95. The van der Waals surface area contributed by atoms with Crippen LogP contribution in [0.5, 0.6) is 0 Å². The van der Waals surface area contributed by atoms with E-state index in [4.69, 9.17) is 4.79 Å². The molecule has 0 bridgehead atoms. The van der Waals surface area contributed by atoms with Crippen LogP contribution in [0.2, 0.25) is 0 Å². The van der Waals surface area contributed by atoms with Gasteiger partial charge in [0.05, 0.1) is 7.11 Å². The minimum absolute atomic E-state index is 0.375. The maximum absolute atomic E-state index is 8.95. The lowest BCUT2D eigenvalue weighted by Crippen LogP contribution is -2.17. The average Bonchev–Trinajstić information content (AvgIpc) is 3.01. The van der Waals surface area contributed by atoms with Crippen LogP contribution in [0.4, 0.5) is 0 Å². The second-order valence-electron chi connectivity index (χ2n) is 5.10. The molecular formula is C15H20O2. The molecule has 2 nitrogen and oxygen atoms in total. The predicted molar refractivity (Wildman–Crippen MR) is 67.9 cm³/mol. The van der Waals surface area contributed by atoms with E-state index < -0.39 is 0 Å². The van der Waals surface area contributed by atoms with Gasteiger partial charge in [-0.1, -0.05) is 31.2 Å². The van der Waals surface area contributed by atoms with Gasteiger partial charge in [-0.2, -0.15) is 0 Å². The highest BCUT2D eigenvalue weighted by atomic mass is 16.5. The molecule has 1 saturated carbocycles. The monoisotopic (exact) mass is 232 g/mol. The first-order chi connectivity index (χ1) is 8.24. The van der Waals surface area contributed by atoms with Crippen LogP contribution in [-0.2, 0) is 21.4 Å². The van der Waals surface area contributed by atoms with Gasteiger partial charge >= 0.3 is 0 Å². The molecule has 1 spiro atoms. The summed E-state index contributed by atoms with van der Waals surface area (Å²) in [4.78, 5) is 8.95. The van der Waals surface area contributed by atoms with E-state index in [0.29, 0.717) is 11.9 Å². The van der Waals surface area contributed by atoms with Crippen molar-refractivity contribution >= 4 is 6.47 Å². The first-order valence-electron chi connectivity index (χ1n) is 6.29. The van der Waals surface area contributed by atoms with Gasteiger partial charge in [0.2, 0.25) is 0 Å². The number of carbonyl (C=O) groups excluding carboxylic acids is 1. The SMILES string of the molecule is CC1CC12CCCc1ccccc12.COC=O. The highest BCUT2D eigenvalue weighted by molar-refractivity contribution is 5.42. The van der Waals surface area contributed by atoms with Crippen molar-refractivity contribution in [2.75, 3.05) is 7.11 Å². The predicted octanol–water partition coefficient (Wildman–Crippen LogP) is 3.09. The molecule has 2 unspecified atom stereocenters. The summed E-state index contributed by atoms with van der Waals surface area (Å²) in [6.07, 6.45) is 5.58. The number of benzene rings is 1. The third-order valence-corrected chi connectivity index (χ3v) is 4.17. The number of hydrogen-bond donors (Lipinski definition) is 0. The van der Waals surface area contributed by atoms with E-state index >= 15 is 0 Å². The van der Waals surface area contributed by atoms with Gasteiger partial charge in [-0.05, 0) is 48.1 Å². The minimum Gasteiger partial charge on any atom is -0.471 e. The number of fused-ring (bicyclic) bond motifs is 2. The Hall–Kier alpha value is -1.31. The van der Waals surface area contributed by atoms with Crippen molar-refractivity contribution in [2.45, 2.75) is 38.0 Å². The van der Waals surface area contributed by atoms with E-state index in [-0.39, 0.29) is 0 Å². The summed E-state index contributed by atoms with van der Waals surface area (Å²) in [6.45, 7) is 2.78. The van der Waals surface area contributed by atoms with E-state index in [1.165, 1.54) is 32.8 Å². The van der Waals surface area contributed by atoms with Crippen molar-refractivity contribution in [3.63, 3.8) is 0 Å². The van der Waals surface area contributed by atoms with Crippen LogP contribution < -0.4 is 0 Å². The quantitative estimate of drug-likeness (QED) is 0.695. The number of ether oxygens (including phenoxy) is 1. The lowest BCUT2D eigenvalue weighted by molar-refractivity contribution is -0.126. The van der Waals surface area contributed by atoms with Crippen LogP contribution in [0.3, 0.4) is 0 Å². The standard InChI is InChI=1S/C13H16.C2H4O2/c1-10-9-13(10)8-4-6-11-5-2-3-7-12(11)13;1-4-2-3/h2-3,5,7,10H,4,6,8-9H2,1H3;2H,1H3. The molecule has 2 aliphatic carbocycles. The molecule has 0 aliphatic heterocycles. The van der Waals surface area contributed by atoms with Crippen molar-refractivity contribution in [1.82, 2.24) is 0 Å². The molecular weight excluding hydrogens is 212 g/mol. The summed E-state index contributed by atoms with van der Waals surface area (Å²) < 4.78 is 3.86. The van der Waals surface area contributed by atoms with Gasteiger partial charge < -0.3 is 4.74 Å². The third-order valence-electron chi connectivity index (χ3n) is 4.17. The fraction of sp³-hybridized carbons (Fsp3) is 0.533. The Morgan fingerprint density at radius 3 is 2.65 bits per heavy atom. The van der Waals surface area contributed by atoms with Gasteiger partial charge in [0.1, 0.15) is 0 Å². The molecule has 2 heteroatoms. The first kappa shape index (κ1) is 12.2. The lowest BCUT2D eigenvalue weighted by Gasteiger charge is -2.26. The van der Waals surface area contributed by atoms with Crippen molar-refractivity contribution in [3.05, 3.63) is 35.4 Å². The molecule has 17 heavy (non-hydrogen) atoms. The Morgan fingerprint density at radius 1 is 1.41 bits per heavy atom. The summed E-state index contributed by atoms with van der Waals surface area (Å²) in [7, 11) is 1.31. The highest BCUT2D eigenvalue weighted by Gasteiger charge is 2.53. The van der Waals surface area contributed by atoms with Gasteiger partial charge in [-0.15, -0.1) is 0 Å². The third kappa shape index (κ3) is 2.21. The Morgan fingerprint density at radius 2 is 2.06 bits per heavy atom. The summed E-state index contributed by atoms with van der Waals surface area (Å²) >= 11 is 0. The largest absolute Gasteiger partial charge is 0.471 e. The molecule has 0 amide bonds. The van der Waals surface area contributed by atoms with Crippen molar-refractivity contribution in [2.24, 2.45) is 5.92 Å². The Bertz CT molecular complexity index is 400. The Labute approximate surface area is 103 Å². The van der Waals surface area contributed by atoms with Crippen LogP contribution in [0, 0.1) is 5.92 Å². The van der Waals surface area contributed by atoms with Crippen LogP contribution in [-0.4, -0.2) is 13.6 Å². The number of carbonyl (C=O) groups is 1. The summed E-state index contributed by atoms with van der Waals surface area (Å²) in [6, 6.07) is 9.07. The molecule has 1 aromatic rings. The molecule has 92 valence electrons. The first-order valence-corrected chi connectivity index (χ1v) is 6.29. The number of hydrogen-bond acceptors (Lipinski definition) is 2. The van der Waals surface area contributed by atoms with Crippen LogP contribution in [0.25, 0.3) is 0 Å². The number of methoxy groups -OCH3 is 1. The van der Waals surface area contributed by atoms with E-state index in [1.807, 2.05) is 0 Å². The Kier molecular flexibility index (Phi) is 3.51. The molecule has 2 atom stereocenters. The smallest absolute Gasteiger partial charge is 0.292 e. The lowest BCUT2D eigenvalue weighted by atomic mass is 9.79. The molecule has 0 aromatic heterocycles. The van der Waals surface area contributed by atoms with Crippen molar-refractivity contribution in [3.8, 4) is 0 Å². The van der Waals surface area contributed by atoms with Gasteiger partial charge in [0, 0.05) is 0 Å². The highest BCUT2D eigenvalue weighted by Crippen LogP contribution is 2.59. The fourth-order valence-electron chi connectivity index (χ4n) is 3.16. The molecule has 0 radical (unpaired) electrons. The number of rotatable bonds is 1. The molecule has 2 aliphatic rings. The average molecular weight is 232 g/mol. The summed E-state index contributed by atoms with van der Waals surface area (Å²) in [5, 5.41) is 0. The zero-order valence-electron chi connectivity index (χ0n) is 10.6. The maximum Gasteiger partial charge on any atom is 0.292 e. The van der Waals surface area contributed by atoms with Gasteiger partial charge in [0.25, 0.3) is 6.47 Å². The van der Waals surface area contributed by atoms with Crippen LogP contribution in [0.1, 0.15) is 37.3 Å². The second-order valence-corrected chi connectivity index (χ2v) is 5.10. The van der Waals surface area contributed by atoms with Crippen LogP contribution >= 0.6 is 0 Å². The second kappa shape index (κ2) is 4.91. The molecule has 0 N–H and O–H groups in total. The number of aryl methyl sites for hydroxylation is 1. The van der Waals surface area contributed by atoms with Gasteiger partial charge in [0.15, 0.2) is 0 Å². The van der Waals surface area contributed by atoms with E-state index in [0.717, 1.165) is 5.92 Å². The molecule has 0 heterocycles. The van der Waals surface area contributed by atoms with Crippen LogP contribution in [0.15, 0.2) is 24.3 Å². The van der Waals surface area contributed by atoms with E-state index in [1.54, 1.807) is 11.1 Å². The molecule has 3 rings (SSSR count). The fourth-order valence-corrected chi connectivity index (χ4v) is 3.16. The molecule has 1 aromatic carbocycles. The Balaban J connectivity index is 0.000000239. The van der Waals surface area contributed by atoms with Crippen molar-refractivity contribution in [1.29, 1.82) is 0 Å².